The number of rotatable bonds is 6. The van der Waals surface area contributed by atoms with Crippen molar-refractivity contribution in [2.75, 3.05) is 22.9 Å². The van der Waals surface area contributed by atoms with Gasteiger partial charge in [0.2, 0.25) is 10.0 Å². The maximum atomic E-state index is 12.9. The SMILES string of the molecule is C[C@H](Oc1ccc(F)cc1)C(=O)Nc1cccc(N(C)S(C)(=O)=O)c1. The van der Waals surface area contributed by atoms with Gasteiger partial charge in [-0.3, -0.25) is 9.10 Å². The number of sulfonamides is 1. The number of nitrogens with zero attached hydrogens (tertiary/aromatic N) is 1. The zero-order chi connectivity index (χ0) is 18.6. The number of hydrogen-bond donors (Lipinski definition) is 1. The highest BCUT2D eigenvalue weighted by Gasteiger charge is 2.16. The van der Waals surface area contributed by atoms with Crippen molar-refractivity contribution in [1.29, 1.82) is 0 Å². The molecule has 2 aromatic rings. The Bertz CT molecular complexity index is 853. The van der Waals surface area contributed by atoms with E-state index in [9.17, 15) is 17.6 Å². The molecule has 0 saturated heterocycles. The lowest BCUT2D eigenvalue weighted by atomic mass is 10.2. The van der Waals surface area contributed by atoms with Crippen molar-refractivity contribution in [2.24, 2.45) is 0 Å². The third-order valence-electron chi connectivity index (χ3n) is 3.47. The zero-order valence-electron chi connectivity index (χ0n) is 14.1. The molecular formula is C17H19FN2O4S. The fourth-order valence-corrected chi connectivity index (χ4v) is 2.48. The lowest BCUT2D eigenvalue weighted by Gasteiger charge is -2.18. The zero-order valence-corrected chi connectivity index (χ0v) is 14.9. The number of carbonyl (C=O) groups excluding carboxylic acids is 1. The Balaban J connectivity index is 2.06. The van der Waals surface area contributed by atoms with Crippen LogP contribution in [-0.2, 0) is 14.8 Å². The summed E-state index contributed by atoms with van der Waals surface area (Å²) in [5, 5.41) is 2.66. The van der Waals surface area contributed by atoms with Crippen molar-refractivity contribution in [2.45, 2.75) is 13.0 Å². The number of benzene rings is 2. The first-order valence-corrected chi connectivity index (χ1v) is 9.28. The molecule has 0 aliphatic rings. The van der Waals surface area contributed by atoms with Gasteiger partial charge in [0.25, 0.3) is 5.91 Å². The van der Waals surface area contributed by atoms with Crippen LogP contribution in [0, 0.1) is 5.82 Å². The van der Waals surface area contributed by atoms with Crippen molar-refractivity contribution >= 4 is 27.3 Å². The van der Waals surface area contributed by atoms with E-state index in [-0.39, 0.29) is 0 Å². The summed E-state index contributed by atoms with van der Waals surface area (Å²) in [5.74, 6) is -0.436. The third-order valence-corrected chi connectivity index (χ3v) is 4.68. The molecule has 0 fully saturated rings. The van der Waals surface area contributed by atoms with E-state index in [1.165, 1.54) is 31.3 Å². The van der Waals surface area contributed by atoms with Crippen molar-refractivity contribution < 1.29 is 22.3 Å². The van der Waals surface area contributed by atoms with Gasteiger partial charge in [-0.15, -0.1) is 0 Å². The molecule has 1 N–H and O–H groups in total. The fourth-order valence-electron chi connectivity index (χ4n) is 1.99. The van der Waals surface area contributed by atoms with Crippen LogP contribution >= 0.6 is 0 Å². The van der Waals surface area contributed by atoms with E-state index in [0.29, 0.717) is 17.1 Å². The van der Waals surface area contributed by atoms with Gasteiger partial charge in [-0.25, -0.2) is 12.8 Å². The van der Waals surface area contributed by atoms with E-state index in [2.05, 4.69) is 5.32 Å². The Labute approximate surface area is 146 Å². The maximum absolute atomic E-state index is 12.9. The highest BCUT2D eigenvalue weighted by molar-refractivity contribution is 7.92. The predicted molar refractivity (Wildman–Crippen MR) is 94.8 cm³/mol. The van der Waals surface area contributed by atoms with E-state index in [1.807, 2.05) is 0 Å². The summed E-state index contributed by atoms with van der Waals surface area (Å²) in [4.78, 5) is 12.2. The fraction of sp³-hybridized carbons (Fsp3) is 0.235. The van der Waals surface area contributed by atoms with Crippen molar-refractivity contribution in [3.63, 3.8) is 0 Å². The van der Waals surface area contributed by atoms with Crippen LogP contribution in [0.15, 0.2) is 48.5 Å². The Morgan fingerprint density at radius 2 is 1.84 bits per heavy atom. The summed E-state index contributed by atoms with van der Waals surface area (Å²) in [6.07, 6.45) is 0.276. The lowest BCUT2D eigenvalue weighted by Crippen LogP contribution is -2.30. The molecule has 0 aromatic heterocycles. The number of hydrogen-bond acceptors (Lipinski definition) is 4. The molecule has 1 atom stereocenters. The second kappa shape index (κ2) is 7.52. The monoisotopic (exact) mass is 366 g/mol. The normalized spacial score (nSPS) is 12.3. The lowest BCUT2D eigenvalue weighted by molar-refractivity contribution is -0.122. The molecule has 2 rings (SSSR count). The van der Waals surface area contributed by atoms with E-state index in [4.69, 9.17) is 4.74 Å². The molecular weight excluding hydrogens is 347 g/mol. The molecule has 1 amide bonds. The average Bonchev–Trinajstić information content (AvgIpc) is 2.55. The van der Waals surface area contributed by atoms with E-state index in [0.717, 1.165) is 10.6 Å². The first kappa shape index (κ1) is 18.7. The maximum Gasteiger partial charge on any atom is 0.265 e. The molecule has 8 heteroatoms. The molecule has 0 bridgehead atoms. The molecule has 134 valence electrons. The van der Waals surface area contributed by atoms with Crippen LogP contribution in [0.5, 0.6) is 5.75 Å². The van der Waals surface area contributed by atoms with Gasteiger partial charge < -0.3 is 10.1 Å². The molecule has 0 aliphatic heterocycles. The van der Waals surface area contributed by atoms with Crippen LogP contribution in [0.25, 0.3) is 0 Å². The minimum Gasteiger partial charge on any atom is -0.481 e. The summed E-state index contributed by atoms with van der Waals surface area (Å²) in [7, 11) is -1.97. The van der Waals surface area contributed by atoms with Crippen molar-refractivity contribution in [1.82, 2.24) is 0 Å². The van der Waals surface area contributed by atoms with E-state index < -0.39 is 27.9 Å². The van der Waals surface area contributed by atoms with E-state index >= 15 is 0 Å². The Hall–Kier alpha value is -2.61. The highest BCUT2D eigenvalue weighted by atomic mass is 32.2. The van der Waals surface area contributed by atoms with Crippen LogP contribution in [0.3, 0.4) is 0 Å². The van der Waals surface area contributed by atoms with E-state index in [1.54, 1.807) is 31.2 Å². The Morgan fingerprint density at radius 1 is 1.20 bits per heavy atom. The molecule has 0 aliphatic carbocycles. The van der Waals surface area contributed by atoms with Gasteiger partial charge in [-0.05, 0) is 49.4 Å². The Morgan fingerprint density at radius 3 is 2.44 bits per heavy atom. The topological polar surface area (TPSA) is 75.7 Å². The molecule has 0 radical (unpaired) electrons. The number of ether oxygens (including phenoxy) is 1. The van der Waals surface area contributed by atoms with Crippen molar-refractivity contribution in [3.8, 4) is 5.75 Å². The first-order chi connectivity index (χ1) is 11.7. The number of anilines is 2. The number of amides is 1. The standard InChI is InChI=1S/C17H19FN2O4S/c1-12(24-16-9-7-13(18)8-10-16)17(21)19-14-5-4-6-15(11-14)20(2)25(3,22)23/h4-12H,1-3H3,(H,19,21)/t12-/m0/s1. The minimum absolute atomic E-state index is 0.370. The summed E-state index contributed by atoms with van der Waals surface area (Å²) >= 11 is 0. The smallest absolute Gasteiger partial charge is 0.265 e. The molecule has 0 unspecified atom stereocenters. The predicted octanol–water partition coefficient (Wildman–Crippen LogP) is 2.63. The van der Waals surface area contributed by atoms with Crippen LogP contribution < -0.4 is 14.4 Å². The summed E-state index contributed by atoms with van der Waals surface area (Å²) in [5.41, 5.74) is 0.861. The summed E-state index contributed by atoms with van der Waals surface area (Å²) < 4.78 is 42.6. The third kappa shape index (κ3) is 5.18. The van der Waals surface area contributed by atoms with Crippen LogP contribution in [-0.4, -0.2) is 33.7 Å². The average molecular weight is 366 g/mol. The molecule has 0 spiro atoms. The van der Waals surface area contributed by atoms with Gasteiger partial charge in [0.1, 0.15) is 11.6 Å². The van der Waals surface area contributed by atoms with Crippen LogP contribution in [0.4, 0.5) is 15.8 Å². The largest absolute Gasteiger partial charge is 0.481 e. The molecule has 0 saturated carbocycles. The summed E-state index contributed by atoms with van der Waals surface area (Å²) in [6.45, 7) is 1.56. The highest BCUT2D eigenvalue weighted by Crippen LogP contribution is 2.21. The number of nitrogens with one attached hydrogen (secondary N) is 1. The molecule has 25 heavy (non-hydrogen) atoms. The second-order valence-electron chi connectivity index (χ2n) is 5.48. The van der Waals surface area contributed by atoms with Crippen LogP contribution in [0.1, 0.15) is 6.92 Å². The van der Waals surface area contributed by atoms with Gasteiger partial charge in [-0.1, -0.05) is 6.07 Å². The Kier molecular flexibility index (Phi) is 5.63. The van der Waals surface area contributed by atoms with Gasteiger partial charge in [0.15, 0.2) is 6.10 Å². The van der Waals surface area contributed by atoms with Crippen molar-refractivity contribution in [3.05, 3.63) is 54.3 Å². The van der Waals surface area contributed by atoms with Gasteiger partial charge >= 0.3 is 0 Å². The van der Waals surface area contributed by atoms with Crippen LogP contribution in [0.2, 0.25) is 0 Å². The van der Waals surface area contributed by atoms with Gasteiger partial charge in [-0.2, -0.15) is 0 Å². The number of carbonyl (C=O) groups is 1. The first-order valence-electron chi connectivity index (χ1n) is 7.44. The van der Waals surface area contributed by atoms with Gasteiger partial charge in [0, 0.05) is 12.7 Å². The quantitative estimate of drug-likeness (QED) is 0.853. The molecule has 0 heterocycles. The summed E-state index contributed by atoms with van der Waals surface area (Å²) in [6, 6.07) is 11.8. The molecule has 6 nitrogen and oxygen atoms in total. The molecule has 2 aromatic carbocycles. The number of halogens is 1. The minimum atomic E-state index is -3.40. The van der Waals surface area contributed by atoms with Gasteiger partial charge in [0.05, 0.1) is 11.9 Å². The second-order valence-corrected chi connectivity index (χ2v) is 7.50.